The molecule has 3 aliphatic rings. The third-order valence-electron chi connectivity index (χ3n) is 7.58. The van der Waals surface area contributed by atoms with Crippen molar-refractivity contribution in [3.8, 4) is 0 Å². The second kappa shape index (κ2) is 8.79. The maximum absolute atomic E-state index is 15.0. The first-order chi connectivity index (χ1) is 16.5. The molecule has 9 heteroatoms. The fourth-order valence-corrected chi connectivity index (χ4v) is 6.83. The van der Waals surface area contributed by atoms with E-state index in [-0.39, 0.29) is 30.2 Å². The number of carbonyl (C=O) groups is 2. The predicted octanol–water partition coefficient (Wildman–Crippen LogP) is 5.08. The van der Waals surface area contributed by atoms with E-state index < -0.39 is 34.4 Å². The summed E-state index contributed by atoms with van der Waals surface area (Å²) < 4.78 is 21.3. The smallest absolute Gasteiger partial charge is 0.414 e. The van der Waals surface area contributed by atoms with Crippen LogP contribution >= 0.6 is 15.9 Å². The van der Waals surface area contributed by atoms with Gasteiger partial charge >= 0.3 is 6.09 Å². The summed E-state index contributed by atoms with van der Waals surface area (Å²) in [4.78, 5) is 33.5. The van der Waals surface area contributed by atoms with Crippen LogP contribution in [0.15, 0.2) is 27.7 Å². The van der Waals surface area contributed by atoms with Gasteiger partial charge in [0.05, 0.1) is 12.6 Å². The number of halogens is 2. The average molecular weight is 567 g/mol. The molecular weight excluding hydrogens is 529 g/mol. The monoisotopic (exact) mass is 565 g/mol. The van der Waals surface area contributed by atoms with Gasteiger partial charge in [0.25, 0.3) is 5.91 Å². The third-order valence-corrected chi connectivity index (χ3v) is 8.07. The number of rotatable bonds is 2. The summed E-state index contributed by atoms with van der Waals surface area (Å²) in [6.45, 7) is 11.8. The van der Waals surface area contributed by atoms with Crippen molar-refractivity contribution in [3.63, 3.8) is 0 Å². The molecule has 0 aromatic heterocycles. The lowest BCUT2D eigenvalue weighted by Crippen LogP contribution is -2.56. The number of hydrogen-bond acceptors (Lipinski definition) is 5. The molecule has 1 aromatic carbocycles. The Kier molecular flexibility index (Phi) is 6.60. The quantitative estimate of drug-likeness (QED) is 0.522. The van der Waals surface area contributed by atoms with Crippen LogP contribution in [0.25, 0.3) is 0 Å². The summed E-state index contributed by atoms with van der Waals surface area (Å²) in [5, 5.41) is 13.4. The number of benzene rings is 1. The first-order valence-corrected chi connectivity index (χ1v) is 13.3. The minimum absolute atomic E-state index is 0.00129. The Morgan fingerprint density at radius 2 is 1.86 bits per heavy atom. The molecule has 0 saturated heterocycles. The highest BCUT2D eigenvalue weighted by Crippen LogP contribution is 2.63. The van der Waals surface area contributed by atoms with Crippen molar-refractivity contribution in [1.29, 1.82) is 0 Å². The second-order valence-electron chi connectivity index (χ2n) is 12.5. The number of carbonyl (C=O) groups excluding carboxylic acids is 2. The molecular formula is C27H37BrFN3O4. The predicted molar refractivity (Wildman–Crippen MR) is 139 cm³/mol. The van der Waals surface area contributed by atoms with Gasteiger partial charge in [-0.2, -0.15) is 0 Å². The van der Waals surface area contributed by atoms with Gasteiger partial charge in [-0.3, -0.25) is 15.0 Å². The number of amides is 2. The minimum Gasteiger partial charge on any atom is -0.444 e. The van der Waals surface area contributed by atoms with Gasteiger partial charge in [0.15, 0.2) is 5.54 Å². The molecule has 1 heterocycles. The number of hydrogen-bond donors (Lipinski definition) is 2. The maximum Gasteiger partial charge on any atom is 0.414 e. The summed E-state index contributed by atoms with van der Waals surface area (Å²) in [5.41, 5.74) is -2.69. The number of aliphatic imine (C=N–C) groups is 1. The maximum atomic E-state index is 15.0. The number of aliphatic hydroxyl groups excluding tert-OH is 1. The lowest BCUT2D eigenvalue weighted by molar-refractivity contribution is -0.142. The van der Waals surface area contributed by atoms with Gasteiger partial charge in [-0.15, -0.1) is 0 Å². The Morgan fingerprint density at radius 3 is 2.42 bits per heavy atom. The molecule has 5 atom stereocenters. The van der Waals surface area contributed by atoms with Crippen molar-refractivity contribution in [2.45, 2.75) is 90.6 Å². The highest BCUT2D eigenvalue weighted by Gasteiger charge is 2.68. The molecule has 4 rings (SSSR count). The fraction of sp³-hybridized carbons (Fsp3) is 0.667. The van der Waals surface area contributed by atoms with E-state index in [4.69, 9.17) is 9.73 Å². The molecule has 36 heavy (non-hydrogen) atoms. The van der Waals surface area contributed by atoms with E-state index >= 15 is 4.39 Å². The number of aliphatic hydroxyl groups is 1. The standard InChI is InChI=1S/C27H37BrFN3O4/c1-15-11-26(12-16(2)20(15)33)13-17-8-9-18(28)10-19(17)27(26)21(34)32(14-25(6,7)29)22(31-27)30-23(35)36-24(3,4)5/h8-10,15-16,20,33H,11-14H2,1-7H3,(H,30,31,35)/t15-,16+,20?,26?,27?. The van der Waals surface area contributed by atoms with Crippen LogP contribution in [0.1, 0.15) is 72.4 Å². The molecule has 1 aliphatic heterocycles. The van der Waals surface area contributed by atoms with Crippen molar-refractivity contribution in [3.05, 3.63) is 33.8 Å². The molecule has 2 spiro atoms. The molecule has 1 fully saturated rings. The van der Waals surface area contributed by atoms with Crippen LogP contribution in [0.4, 0.5) is 9.18 Å². The first kappa shape index (κ1) is 27.0. The zero-order chi connectivity index (χ0) is 26.8. The molecule has 0 bridgehead atoms. The van der Waals surface area contributed by atoms with Crippen molar-refractivity contribution >= 4 is 33.9 Å². The zero-order valence-corrected chi connectivity index (χ0v) is 23.7. The molecule has 1 saturated carbocycles. The van der Waals surface area contributed by atoms with Crippen molar-refractivity contribution in [2.24, 2.45) is 22.2 Å². The van der Waals surface area contributed by atoms with E-state index in [0.29, 0.717) is 19.3 Å². The Morgan fingerprint density at radius 1 is 1.25 bits per heavy atom. The normalized spacial score (nSPS) is 32.2. The van der Waals surface area contributed by atoms with Crippen LogP contribution in [0.5, 0.6) is 0 Å². The van der Waals surface area contributed by atoms with Gasteiger partial charge in [-0.1, -0.05) is 35.8 Å². The van der Waals surface area contributed by atoms with E-state index in [1.807, 2.05) is 32.0 Å². The number of fused-ring (bicyclic) bond motifs is 3. The Hall–Kier alpha value is -2.00. The van der Waals surface area contributed by atoms with Crippen LogP contribution in [-0.4, -0.2) is 51.9 Å². The van der Waals surface area contributed by atoms with E-state index in [1.165, 1.54) is 18.7 Å². The SMILES string of the molecule is C[C@@H]1CC2(Cc3ccc(Br)cc3C23N=C(NC(=O)OC(C)(C)C)N(CC(C)(C)F)C3=O)C[C@H](C)C1O. The summed E-state index contributed by atoms with van der Waals surface area (Å²) in [6.07, 6.45) is 0.525. The highest BCUT2D eigenvalue weighted by atomic mass is 79.9. The van der Waals surface area contributed by atoms with Crippen LogP contribution < -0.4 is 5.32 Å². The zero-order valence-electron chi connectivity index (χ0n) is 22.1. The number of nitrogens with one attached hydrogen (secondary N) is 1. The van der Waals surface area contributed by atoms with Crippen molar-refractivity contribution in [1.82, 2.24) is 10.2 Å². The van der Waals surface area contributed by atoms with E-state index in [1.54, 1.807) is 20.8 Å². The van der Waals surface area contributed by atoms with E-state index in [2.05, 4.69) is 21.2 Å². The molecule has 1 aromatic rings. The number of guanidine groups is 1. The van der Waals surface area contributed by atoms with Gasteiger partial charge in [0.1, 0.15) is 11.3 Å². The van der Waals surface area contributed by atoms with Gasteiger partial charge < -0.3 is 9.84 Å². The number of alkyl carbamates (subject to hydrolysis) is 1. The van der Waals surface area contributed by atoms with Crippen LogP contribution in [0, 0.1) is 17.3 Å². The van der Waals surface area contributed by atoms with Gasteiger partial charge in [-0.25, -0.2) is 14.2 Å². The Labute approximate surface area is 221 Å². The van der Waals surface area contributed by atoms with Gasteiger partial charge in [0, 0.05) is 9.89 Å². The highest BCUT2D eigenvalue weighted by molar-refractivity contribution is 9.10. The molecule has 198 valence electrons. The topological polar surface area (TPSA) is 91.2 Å². The van der Waals surface area contributed by atoms with E-state index in [9.17, 15) is 14.7 Å². The summed E-state index contributed by atoms with van der Waals surface area (Å²) in [6, 6.07) is 5.87. The van der Waals surface area contributed by atoms with E-state index in [0.717, 1.165) is 15.6 Å². The Balaban J connectivity index is 1.90. The van der Waals surface area contributed by atoms with Crippen LogP contribution in [0.3, 0.4) is 0 Å². The number of ether oxygens (including phenoxy) is 1. The average Bonchev–Trinajstić information content (AvgIpc) is 3.11. The van der Waals surface area contributed by atoms with Crippen LogP contribution in [-0.2, 0) is 21.5 Å². The lowest BCUT2D eigenvalue weighted by Gasteiger charge is -2.49. The minimum atomic E-state index is -1.73. The van der Waals surface area contributed by atoms with Crippen LogP contribution in [0.2, 0.25) is 0 Å². The van der Waals surface area contributed by atoms with Gasteiger partial charge in [0.2, 0.25) is 5.96 Å². The first-order valence-electron chi connectivity index (χ1n) is 12.6. The molecule has 2 N–H and O–H groups in total. The Bertz CT molecular complexity index is 1100. The molecule has 2 amide bonds. The van der Waals surface area contributed by atoms with Crippen molar-refractivity contribution in [2.75, 3.05) is 6.54 Å². The lowest BCUT2D eigenvalue weighted by atomic mass is 9.56. The molecule has 0 radical (unpaired) electrons. The fourth-order valence-electron chi connectivity index (χ4n) is 6.47. The number of alkyl halides is 1. The van der Waals surface area contributed by atoms with Gasteiger partial charge in [-0.05, 0) is 89.0 Å². The molecule has 3 unspecified atom stereocenters. The number of nitrogens with zero attached hydrogens (tertiary/aromatic N) is 2. The third kappa shape index (κ3) is 4.57. The largest absolute Gasteiger partial charge is 0.444 e. The summed E-state index contributed by atoms with van der Waals surface area (Å²) in [5.74, 6) is -0.467. The summed E-state index contributed by atoms with van der Waals surface area (Å²) >= 11 is 3.55. The second-order valence-corrected chi connectivity index (χ2v) is 13.4. The molecule has 2 aliphatic carbocycles. The van der Waals surface area contributed by atoms with Crippen molar-refractivity contribution < 1.29 is 23.8 Å². The molecule has 7 nitrogen and oxygen atoms in total. The summed E-state index contributed by atoms with van der Waals surface area (Å²) in [7, 11) is 0.